The van der Waals surface area contributed by atoms with E-state index in [1.54, 1.807) is 6.20 Å². The molecule has 0 aliphatic carbocycles. The number of rotatable bonds is 3. The number of carbonyl (C=O) groups excluding carboxylic acids is 1. The van der Waals surface area contributed by atoms with E-state index in [1.807, 2.05) is 24.3 Å². The van der Waals surface area contributed by atoms with Gasteiger partial charge < -0.3 is 4.74 Å². The quantitative estimate of drug-likeness (QED) is 0.723. The van der Waals surface area contributed by atoms with Gasteiger partial charge in [0, 0.05) is 18.3 Å². The summed E-state index contributed by atoms with van der Waals surface area (Å²) in [7, 11) is 0. The molecule has 0 fully saturated rings. The van der Waals surface area contributed by atoms with Gasteiger partial charge in [0.1, 0.15) is 0 Å². The summed E-state index contributed by atoms with van der Waals surface area (Å²) in [6.45, 7) is 0.628. The SMILES string of the molecule is O=C(Cc1ccccn1)C1=CCCO1. The van der Waals surface area contributed by atoms with E-state index in [-0.39, 0.29) is 5.78 Å². The maximum atomic E-state index is 11.6. The third-order valence-electron chi connectivity index (χ3n) is 2.05. The maximum Gasteiger partial charge on any atom is 0.202 e. The van der Waals surface area contributed by atoms with Gasteiger partial charge in [-0.25, -0.2) is 0 Å². The van der Waals surface area contributed by atoms with Crippen molar-refractivity contribution >= 4 is 5.78 Å². The second kappa shape index (κ2) is 4.05. The molecule has 0 N–H and O–H groups in total. The van der Waals surface area contributed by atoms with Gasteiger partial charge in [-0.1, -0.05) is 6.07 Å². The minimum absolute atomic E-state index is 0.0150. The van der Waals surface area contributed by atoms with Gasteiger partial charge >= 0.3 is 0 Å². The molecular formula is C11H11NO2. The fourth-order valence-corrected chi connectivity index (χ4v) is 1.37. The Balaban J connectivity index is 2.01. The molecule has 0 amide bonds. The number of aromatic nitrogens is 1. The molecule has 3 nitrogen and oxygen atoms in total. The number of carbonyl (C=O) groups is 1. The Bertz CT molecular complexity index is 357. The molecule has 0 aromatic carbocycles. The highest BCUT2D eigenvalue weighted by Crippen LogP contribution is 2.12. The Hall–Kier alpha value is -1.64. The van der Waals surface area contributed by atoms with E-state index in [0.717, 1.165) is 12.1 Å². The van der Waals surface area contributed by atoms with Crippen LogP contribution in [0.25, 0.3) is 0 Å². The molecule has 0 radical (unpaired) electrons. The summed E-state index contributed by atoms with van der Waals surface area (Å²) in [5.41, 5.74) is 0.786. The molecule has 0 unspecified atom stereocenters. The van der Waals surface area contributed by atoms with Crippen molar-refractivity contribution < 1.29 is 9.53 Å². The zero-order valence-corrected chi connectivity index (χ0v) is 7.77. The fraction of sp³-hybridized carbons (Fsp3) is 0.273. The predicted octanol–water partition coefficient (Wildman–Crippen LogP) is 1.50. The van der Waals surface area contributed by atoms with Gasteiger partial charge in [0.2, 0.25) is 5.78 Å². The number of hydrogen-bond acceptors (Lipinski definition) is 3. The summed E-state index contributed by atoms with van der Waals surface area (Å²) in [5.74, 6) is 0.511. The lowest BCUT2D eigenvalue weighted by Gasteiger charge is -2.01. The first-order valence-corrected chi connectivity index (χ1v) is 4.62. The van der Waals surface area contributed by atoms with E-state index in [4.69, 9.17) is 4.74 Å². The van der Waals surface area contributed by atoms with Crippen LogP contribution in [0.15, 0.2) is 36.2 Å². The summed E-state index contributed by atoms with van der Waals surface area (Å²) in [6.07, 6.45) is 4.69. The lowest BCUT2D eigenvalue weighted by molar-refractivity contribution is -0.117. The normalized spacial score (nSPS) is 14.7. The molecule has 1 aromatic heterocycles. The summed E-state index contributed by atoms with van der Waals surface area (Å²) < 4.78 is 5.17. The molecule has 3 heteroatoms. The first kappa shape index (κ1) is 8.94. The third kappa shape index (κ3) is 1.99. The molecule has 0 saturated heterocycles. The van der Waals surface area contributed by atoms with Crippen LogP contribution >= 0.6 is 0 Å². The van der Waals surface area contributed by atoms with Crippen LogP contribution in [0.4, 0.5) is 0 Å². The molecule has 1 aliphatic heterocycles. The Morgan fingerprint density at radius 2 is 2.43 bits per heavy atom. The number of Topliss-reactive ketones (excluding diaryl/α,β-unsaturated/α-hetero) is 1. The lowest BCUT2D eigenvalue weighted by Crippen LogP contribution is -2.07. The first-order chi connectivity index (χ1) is 6.86. The van der Waals surface area contributed by atoms with E-state index < -0.39 is 0 Å². The van der Waals surface area contributed by atoms with Crippen molar-refractivity contribution in [2.24, 2.45) is 0 Å². The van der Waals surface area contributed by atoms with E-state index >= 15 is 0 Å². The van der Waals surface area contributed by atoms with Gasteiger partial charge in [0.25, 0.3) is 0 Å². The van der Waals surface area contributed by atoms with Crippen LogP contribution in [0.3, 0.4) is 0 Å². The molecule has 1 aromatic rings. The number of ketones is 1. The maximum absolute atomic E-state index is 11.6. The summed E-state index contributed by atoms with van der Waals surface area (Å²) in [4.78, 5) is 15.7. The molecule has 0 atom stereocenters. The molecule has 14 heavy (non-hydrogen) atoms. The van der Waals surface area contributed by atoms with Crippen LogP contribution < -0.4 is 0 Å². The topological polar surface area (TPSA) is 39.2 Å². The molecule has 2 heterocycles. The third-order valence-corrected chi connectivity index (χ3v) is 2.05. The number of allylic oxidation sites excluding steroid dienone is 1. The van der Waals surface area contributed by atoms with Crippen molar-refractivity contribution in [2.45, 2.75) is 12.8 Å². The number of ether oxygens (including phenoxy) is 1. The smallest absolute Gasteiger partial charge is 0.202 e. The van der Waals surface area contributed by atoms with E-state index in [0.29, 0.717) is 18.8 Å². The Labute approximate surface area is 82.4 Å². The van der Waals surface area contributed by atoms with Crippen molar-refractivity contribution in [3.05, 3.63) is 41.9 Å². The Morgan fingerprint density at radius 1 is 1.50 bits per heavy atom. The number of nitrogens with zero attached hydrogens (tertiary/aromatic N) is 1. The first-order valence-electron chi connectivity index (χ1n) is 4.62. The van der Waals surface area contributed by atoms with Crippen LogP contribution in [-0.4, -0.2) is 17.4 Å². The monoisotopic (exact) mass is 189 g/mol. The van der Waals surface area contributed by atoms with Crippen LogP contribution in [0.2, 0.25) is 0 Å². The molecule has 1 aliphatic rings. The summed E-state index contributed by atoms with van der Waals surface area (Å²) in [6, 6.07) is 5.55. The summed E-state index contributed by atoms with van der Waals surface area (Å²) in [5, 5.41) is 0. The van der Waals surface area contributed by atoms with Crippen LogP contribution in [0.5, 0.6) is 0 Å². The minimum atomic E-state index is 0.0150. The second-order valence-corrected chi connectivity index (χ2v) is 3.13. The highest BCUT2D eigenvalue weighted by Gasteiger charge is 2.15. The molecular weight excluding hydrogens is 178 g/mol. The van der Waals surface area contributed by atoms with Gasteiger partial charge in [0.05, 0.1) is 13.0 Å². The van der Waals surface area contributed by atoms with Crippen molar-refractivity contribution in [1.29, 1.82) is 0 Å². The minimum Gasteiger partial charge on any atom is -0.490 e. The van der Waals surface area contributed by atoms with Gasteiger partial charge in [-0.15, -0.1) is 0 Å². The lowest BCUT2D eigenvalue weighted by atomic mass is 10.2. The Kier molecular flexibility index (Phi) is 2.58. The van der Waals surface area contributed by atoms with Crippen LogP contribution in [0.1, 0.15) is 12.1 Å². The molecule has 0 saturated carbocycles. The number of pyridine rings is 1. The van der Waals surface area contributed by atoms with Crippen LogP contribution in [0, 0.1) is 0 Å². The predicted molar refractivity (Wildman–Crippen MR) is 51.6 cm³/mol. The molecule has 72 valence electrons. The van der Waals surface area contributed by atoms with Crippen molar-refractivity contribution in [1.82, 2.24) is 4.98 Å². The van der Waals surface area contributed by atoms with Gasteiger partial charge in [-0.3, -0.25) is 9.78 Å². The molecule has 0 spiro atoms. The molecule has 2 rings (SSSR count). The van der Waals surface area contributed by atoms with Gasteiger partial charge in [-0.05, 0) is 18.2 Å². The standard InChI is InChI=1S/C11H11NO2/c13-10(11-5-3-7-14-11)8-9-4-1-2-6-12-9/h1-2,4-6H,3,7-8H2. The van der Waals surface area contributed by atoms with E-state index in [2.05, 4.69) is 4.98 Å². The average Bonchev–Trinajstić information content (AvgIpc) is 2.72. The van der Waals surface area contributed by atoms with Gasteiger partial charge in [0.15, 0.2) is 5.76 Å². The highest BCUT2D eigenvalue weighted by molar-refractivity contribution is 5.94. The van der Waals surface area contributed by atoms with E-state index in [9.17, 15) is 4.79 Å². The van der Waals surface area contributed by atoms with E-state index in [1.165, 1.54) is 0 Å². The van der Waals surface area contributed by atoms with Crippen molar-refractivity contribution in [3.8, 4) is 0 Å². The highest BCUT2D eigenvalue weighted by atomic mass is 16.5. The van der Waals surface area contributed by atoms with Gasteiger partial charge in [-0.2, -0.15) is 0 Å². The number of hydrogen-bond donors (Lipinski definition) is 0. The van der Waals surface area contributed by atoms with Crippen molar-refractivity contribution in [2.75, 3.05) is 6.61 Å². The largest absolute Gasteiger partial charge is 0.490 e. The fourth-order valence-electron chi connectivity index (χ4n) is 1.37. The second-order valence-electron chi connectivity index (χ2n) is 3.13. The Morgan fingerprint density at radius 3 is 3.07 bits per heavy atom. The zero-order valence-electron chi connectivity index (χ0n) is 7.77. The zero-order chi connectivity index (χ0) is 9.80. The van der Waals surface area contributed by atoms with Crippen LogP contribution in [-0.2, 0) is 16.0 Å². The molecule has 0 bridgehead atoms. The summed E-state index contributed by atoms with van der Waals surface area (Å²) >= 11 is 0. The average molecular weight is 189 g/mol. The van der Waals surface area contributed by atoms with Crippen molar-refractivity contribution in [3.63, 3.8) is 0 Å².